The summed E-state index contributed by atoms with van der Waals surface area (Å²) in [6, 6.07) is 11.6. The summed E-state index contributed by atoms with van der Waals surface area (Å²) in [6.07, 6.45) is 1.27. The normalized spacial score (nSPS) is 10.2. The highest BCUT2D eigenvalue weighted by Crippen LogP contribution is 2.22. The van der Waals surface area contributed by atoms with E-state index < -0.39 is 0 Å². The molecule has 0 aliphatic heterocycles. The zero-order valence-corrected chi connectivity index (χ0v) is 14.0. The molecule has 0 aromatic heterocycles. The molecule has 4 nitrogen and oxygen atoms in total. The van der Waals surface area contributed by atoms with Crippen molar-refractivity contribution < 1.29 is 9.59 Å². The number of amides is 2. The molecule has 0 unspecified atom stereocenters. The van der Waals surface area contributed by atoms with Crippen molar-refractivity contribution >= 4 is 46.4 Å². The van der Waals surface area contributed by atoms with Gasteiger partial charge < -0.3 is 10.6 Å². The van der Waals surface area contributed by atoms with Crippen LogP contribution in [-0.2, 0) is 4.79 Å². The maximum absolute atomic E-state index is 12.2. The summed E-state index contributed by atoms with van der Waals surface area (Å²) in [7, 11) is 0. The van der Waals surface area contributed by atoms with E-state index in [9.17, 15) is 9.59 Å². The van der Waals surface area contributed by atoms with Crippen LogP contribution in [0, 0.1) is 0 Å². The molecule has 2 aromatic carbocycles. The van der Waals surface area contributed by atoms with Crippen LogP contribution in [0.15, 0.2) is 42.5 Å². The molecule has 0 aliphatic rings. The van der Waals surface area contributed by atoms with Crippen LogP contribution in [0.2, 0.25) is 10.0 Å². The van der Waals surface area contributed by atoms with Crippen molar-refractivity contribution in [2.24, 2.45) is 0 Å². The second kappa shape index (κ2) is 7.99. The zero-order valence-electron chi connectivity index (χ0n) is 12.5. The Hall–Kier alpha value is -2.04. The number of benzene rings is 2. The topological polar surface area (TPSA) is 58.2 Å². The van der Waals surface area contributed by atoms with Crippen molar-refractivity contribution in [3.8, 4) is 0 Å². The van der Waals surface area contributed by atoms with E-state index in [0.29, 0.717) is 33.4 Å². The fourth-order valence-electron chi connectivity index (χ4n) is 1.96. The number of halogens is 2. The van der Waals surface area contributed by atoms with Crippen LogP contribution >= 0.6 is 23.2 Å². The number of carbonyl (C=O) groups excluding carboxylic acids is 2. The van der Waals surface area contributed by atoms with E-state index in [4.69, 9.17) is 23.2 Å². The molecular weight excluding hydrogens is 335 g/mol. The van der Waals surface area contributed by atoms with Crippen molar-refractivity contribution in [1.82, 2.24) is 0 Å². The predicted molar refractivity (Wildman–Crippen MR) is 94.4 cm³/mol. The summed E-state index contributed by atoms with van der Waals surface area (Å²) in [5, 5.41) is 6.29. The van der Waals surface area contributed by atoms with E-state index in [1.165, 1.54) is 6.07 Å². The lowest BCUT2D eigenvalue weighted by molar-refractivity contribution is -0.116. The van der Waals surface area contributed by atoms with Gasteiger partial charge in [-0.15, -0.1) is 0 Å². The summed E-state index contributed by atoms with van der Waals surface area (Å²) in [6.45, 7) is 1.94. The van der Waals surface area contributed by atoms with Gasteiger partial charge in [0.2, 0.25) is 5.91 Å². The first-order chi connectivity index (χ1) is 11.0. The average Bonchev–Trinajstić information content (AvgIpc) is 2.52. The second-order valence-corrected chi connectivity index (χ2v) is 5.80. The minimum absolute atomic E-state index is 0.0324. The van der Waals surface area contributed by atoms with E-state index >= 15 is 0 Å². The molecule has 0 atom stereocenters. The van der Waals surface area contributed by atoms with E-state index in [-0.39, 0.29) is 11.8 Å². The molecule has 2 amide bonds. The molecule has 2 N–H and O–H groups in total. The SMILES string of the molecule is CCCC(=O)Nc1ccc(NC(=O)c2cc(Cl)ccc2Cl)cc1. The smallest absolute Gasteiger partial charge is 0.257 e. The Bertz CT molecular complexity index is 715. The quantitative estimate of drug-likeness (QED) is 0.798. The molecule has 120 valence electrons. The van der Waals surface area contributed by atoms with Gasteiger partial charge in [0.1, 0.15) is 0 Å². The second-order valence-electron chi connectivity index (χ2n) is 4.95. The molecule has 6 heteroatoms. The van der Waals surface area contributed by atoms with Gasteiger partial charge in [0.15, 0.2) is 0 Å². The van der Waals surface area contributed by atoms with Crippen LogP contribution in [-0.4, -0.2) is 11.8 Å². The fourth-order valence-corrected chi connectivity index (χ4v) is 2.33. The minimum Gasteiger partial charge on any atom is -0.326 e. The minimum atomic E-state index is -0.347. The lowest BCUT2D eigenvalue weighted by Gasteiger charge is -2.09. The van der Waals surface area contributed by atoms with E-state index in [0.717, 1.165) is 6.42 Å². The van der Waals surface area contributed by atoms with Crippen molar-refractivity contribution in [1.29, 1.82) is 0 Å². The molecule has 0 heterocycles. The molecule has 2 aromatic rings. The highest BCUT2D eigenvalue weighted by molar-refractivity contribution is 6.36. The Morgan fingerprint density at radius 2 is 1.57 bits per heavy atom. The third-order valence-electron chi connectivity index (χ3n) is 3.08. The molecular formula is C17H16Cl2N2O2. The van der Waals surface area contributed by atoms with Crippen LogP contribution < -0.4 is 10.6 Å². The predicted octanol–water partition coefficient (Wildman–Crippen LogP) is 4.98. The zero-order chi connectivity index (χ0) is 16.8. The first-order valence-electron chi connectivity index (χ1n) is 7.16. The summed E-state index contributed by atoms with van der Waals surface area (Å²) in [5.41, 5.74) is 1.58. The first kappa shape index (κ1) is 17.3. The summed E-state index contributed by atoms with van der Waals surface area (Å²) in [4.78, 5) is 23.7. The summed E-state index contributed by atoms with van der Waals surface area (Å²) < 4.78 is 0. The van der Waals surface area contributed by atoms with Crippen LogP contribution in [0.3, 0.4) is 0 Å². The monoisotopic (exact) mass is 350 g/mol. The standard InChI is InChI=1S/C17H16Cl2N2O2/c1-2-3-16(22)20-12-5-7-13(8-6-12)21-17(23)14-10-11(18)4-9-15(14)19/h4-10H,2-3H2,1H3,(H,20,22)(H,21,23). The van der Waals surface area contributed by atoms with Crippen LogP contribution in [0.1, 0.15) is 30.1 Å². The van der Waals surface area contributed by atoms with Crippen LogP contribution in [0.5, 0.6) is 0 Å². The van der Waals surface area contributed by atoms with Gasteiger partial charge in [-0.05, 0) is 48.9 Å². The molecule has 0 bridgehead atoms. The van der Waals surface area contributed by atoms with Gasteiger partial charge in [0.05, 0.1) is 10.6 Å². The number of rotatable bonds is 5. The Morgan fingerprint density at radius 1 is 0.957 bits per heavy atom. The maximum Gasteiger partial charge on any atom is 0.257 e. The van der Waals surface area contributed by atoms with Gasteiger partial charge in [-0.2, -0.15) is 0 Å². The number of anilines is 2. The molecule has 0 spiro atoms. The van der Waals surface area contributed by atoms with Crippen molar-refractivity contribution in [3.05, 3.63) is 58.1 Å². The molecule has 0 fully saturated rings. The third-order valence-corrected chi connectivity index (χ3v) is 3.64. The first-order valence-corrected chi connectivity index (χ1v) is 7.91. The fraction of sp³-hybridized carbons (Fsp3) is 0.176. The number of hydrogen-bond acceptors (Lipinski definition) is 2. The Balaban J connectivity index is 2.04. The van der Waals surface area contributed by atoms with E-state index in [2.05, 4.69) is 10.6 Å². The van der Waals surface area contributed by atoms with Crippen LogP contribution in [0.4, 0.5) is 11.4 Å². The molecule has 0 saturated carbocycles. The Kier molecular flexibility index (Phi) is 6.02. The summed E-state index contributed by atoms with van der Waals surface area (Å²) in [5.74, 6) is -0.379. The van der Waals surface area contributed by atoms with Gasteiger partial charge in [0.25, 0.3) is 5.91 Å². The molecule has 0 radical (unpaired) electrons. The number of hydrogen-bond donors (Lipinski definition) is 2. The van der Waals surface area contributed by atoms with Crippen molar-refractivity contribution in [2.45, 2.75) is 19.8 Å². The van der Waals surface area contributed by atoms with Crippen molar-refractivity contribution in [3.63, 3.8) is 0 Å². The number of carbonyl (C=O) groups is 2. The highest BCUT2D eigenvalue weighted by Gasteiger charge is 2.11. The molecule has 0 saturated heterocycles. The van der Waals surface area contributed by atoms with E-state index in [1.54, 1.807) is 36.4 Å². The molecule has 2 rings (SSSR count). The summed E-state index contributed by atoms with van der Waals surface area (Å²) >= 11 is 11.9. The van der Waals surface area contributed by atoms with Gasteiger partial charge in [0, 0.05) is 22.8 Å². The lowest BCUT2D eigenvalue weighted by Crippen LogP contribution is -2.13. The molecule has 0 aliphatic carbocycles. The number of nitrogens with one attached hydrogen (secondary N) is 2. The molecule has 23 heavy (non-hydrogen) atoms. The highest BCUT2D eigenvalue weighted by atomic mass is 35.5. The van der Waals surface area contributed by atoms with Gasteiger partial charge in [-0.3, -0.25) is 9.59 Å². The Morgan fingerprint density at radius 3 is 2.17 bits per heavy atom. The van der Waals surface area contributed by atoms with E-state index in [1.807, 2.05) is 6.92 Å². The maximum atomic E-state index is 12.2. The lowest BCUT2D eigenvalue weighted by atomic mass is 10.2. The van der Waals surface area contributed by atoms with Gasteiger partial charge in [-0.1, -0.05) is 30.1 Å². The average molecular weight is 351 g/mol. The third kappa shape index (κ3) is 4.98. The van der Waals surface area contributed by atoms with Crippen molar-refractivity contribution in [2.75, 3.05) is 10.6 Å². The van der Waals surface area contributed by atoms with Crippen LogP contribution in [0.25, 0.3) is 0 Å². The van der Waals surface area contributed by atoms with Gasteiger partial charge in [-0.25, -0.2) is 0 Å². The Labute approximate surface area is 144 Å². The van der Waals surface area contributed by atoms with Gasteiger partial charge >= 0.3 is 0 Å². The largest absolute Gasteiger partial charge is 0.326 e.